The van der Waals surface area contributed by atoms with Crippen LogP contribution in [0.3, 0.4) is 0 Å². The first-order chi connectivity index (χ1) is 49.4. The molecule has 0 heterocycles. The van der Waals surface area contributed by atoms with Crippen molar-refractivity contribution >= 4 is 39.5 Å². The van der Waals surface area contributed by atoms with Crippen LogP contribution in [-0.2, 0) is 65.4 Å². The molecule has 6 atom stereocenters. The van der Waals surface area contributed by atoms with Gasteiger partial charge < -0.3 is 33.8 Å². The molecule has 0 amide bonds. The maximum Gasteiger partial charge on any atom is 0.472 e. The zero-order valence-electron chi connectivity index (χ0n) is 66.9. The molecule has 0 saturated heterocycles. The molecule has 606 valence electrons. The second kappa shape index (κ2) is 74.5. The molecule has 0 aliphatic rings. The van der Waals surface area contributed by atoms with Crippen LogP contribution < -0.4 is 0 Å². The molecule has 19 heteroatoms. The standard InChI is InChI=1S/C83H162O17P2/c1-7-10-12-14-16-18-20-22-24-26-28-33-37-41-47-53-59-65-80(85)93-71-78(99-82(87)68-62-56-49-43-39-35-31-30-32-36-40-46-52-58-64-76(6)9-3)73-97-101(89,90)95-69-77(84)70-96-102(91,92)98-74-79(72-94-81(86)66-60-54-50-44-45-51-57-63-75(4)5)100-83(88)67-61-55-48-42-38-34-29-27-25-23-21-19-17-15-13-11-8-2/h75-79,84H,7-74H2,1-6H3,(H,89,90)(H,91,92)/t76?,77-,78-,79-/m1/s1. The zero-order valence-corrected chi connectivity index (χ0v) is 68.7. The summed E-state index contributed by atoms with van der Waals surface area (Å²) in [6.45, 7) is 9.66. The number of hydrogen-bond donors (Lipinski definition) is 3. The molecule has 0 bridgehead atoms. The largest absolute Gasteiger partial charge is 0.472 e. The van der Waals surface area contributed by atoms with Gasteiger partial charge in [-0.1, -0.05) is 388 Å². The first kappa shape index (κ1) is 100. The minimum atomic E-state index is -4.96. The second-order valence-corrected chi connectivity index (χ2v) is 33.5. The van der Waals surface area contributed by atoms with Gasteiger partial charge in [-0.25, -0.2) is 9.13 Å². The Kier molecular flexibility index (Phi) is 73.1. The Labute approximate surface area is 626 Å². The van der Waals surface area contributed by atoms with Crippen LogP contribution in [0.5, 0.6) is 0 Å². The van der Waals surface area contributed by atoms with E-state index in [0.29, 0.717) is 31.6 Å². The third kappa shape index (κ3) is 74.9. The quantitative estimate of drug-likeness (QED) is 0.0222. The van der Waals surface area contributed by atoms with Gasteiger partial charge in [0.2, 0.25) is 0 Å². The zero-order chi connectivity index (χ0) is 74.9. The number of rotatable bonds is 82. The summed E-state index contributed by atoms with van der Waals surface area (Å²) in [7, 11) is -9.92. The van der Waals surface area contributed by atoms with Gasteiger partial charge in [0, 0.05) is 25.7 Å². The first-order valence-electron chi connectivity index (χ1n) is 43.0. The van der Waals surface area contributed by atoms with Gasteiger partial charge in [0.05, 0.1) is 26.4 Å². The summed E-state index contributed by atoms with van der Waals surface area (Å²) in [4.78, 5) is 73.1. The Hall–Kier alpha value is -1.94. The van der Waals surface area contributed by atoms with Crippen LogP contribution in [0.2, 0.25) is 0 Å². The number of phosphoric acid groups is 2. The number of hydrogen-bond acceptors (Lipinski definition) is 15. The minimum Gasteiger partial charge on any atom is -0.462 e. The van der Waals surface area contributed by atoms with Crippen LogP contribution >= 0.6 is 15.6 Å². The summed E-state index contributed by atoms with van der Waals surface area (Å²) in [5, 5.41) is 10.7. The molecule has 0 rings (SSSR count). The van der Waals surface area contributed by atoms with E-state index in [-0.39, 0.29) is 25.7 Å². The van der Waals surface area contributed by atoms with Crippen LogP contribution in [0.1, 0.15) is 440 Å². The fourth-order valence-electron chi connectivity index (χ4n) is 12.9. The van der Waals surface area contributed by atoms with Gasteiger partial charge in [0.15, 0.2) is 12.2 Å². The molecule has 3 unspecified atom stereocenters. The highest BCUT2D eigenvalue weighted by atomic mass is 31.2. The highest BCUT2D eigenvalue weighted by Crippen LogP contribution is 2.45. The fourth-order valence-corrected chi connectivity index (χ4v) is 14.4. The highest BCUT2D eigenvalue weighted by Gasteiger charge is 2.30. The molecular formula is C83H162O17P2. The van der Waals surface area contributed by atoms with Crippen molar-refractivity contribution in [2.24, 2.45) is 11.8 Å². The maximum absolute atomic E-state index is 13.1. The van der Waals surface area contributed by atoms with Crippen molar-refractivity contribution < 1.29 is 80.2 Å². The normalized spacial score (nSPS) is 14.1. The van der Waals surface area contributed by atoms with E-state index in [1.54, 1.807) is 0 Å². The van der Waals surface area contributed by atoms with Crippen molar-refractivity contribution in [2.75, 3.05) is 39.6 Å². The Balaban J connectivity index is 5.24. The summed E-state index contributed by atoms with van der Waals surface area (Å²) < 4.78 is 68.8. The predicted octanol–water partition coefficient (Wildman–Crippen LogP) is 25.1. The number of aliphatic hydroxyl groups is 1. The van der Waals surface area contributed by atoms with E-state index in [2.05, 4.69) is 41.5 Å². The van der Waals surface area contributed by atoms with Crippen molar-refractivity contribution in [3.05, 3.63) is 0 Å². The van der Waals surface area contributed by atoms with Crippen LogP contribution in [0.25, 0.3) is 0 Å². The number of phosphoric ester groups is 2. The number of esters is 4. The second-order valence-electron chi connectivity index (χ2n) is 30.6. The Morgan fingerprint density at radius 2 is 0.500 bits per heavy atom. The van der Waals surface area contributed by atoms with E-state index in [4.69, 9.17) is 37.0 Å². The monoisotopic (exact) mass is 1490 g/mol. The molecule has 3 N–H and O–H groups in total. The van der Waals surface area contributed by atoms with Gasteiger partial charge in [-0.15, -0.1) is 0 Å². The molecule has 0 aromatic rings. The molecule has 0 saturated carbocycles. The molecule has 102 heavy (non-hydrogen) atoms. The van der Waals surface area contributed by atoms with Gasteiger partial charge in [0.25, 0.3) is 0 Å². The summed E-state index contributed by atoms with van der Waals surface area (Å²) >= 11 is 0. The van der Waals surface area contributed by atoms with Gasteiger partial charge >= 0.3 is 39.5 Å². The van der Waals surface area contributed by atoms with E-state index >= 15 is 0 Å². The predicted molar refractivity (Wildman–Crippen MR) is 418 cm³/mol. The van der Waals surface area contributed by atoms with Gasteiger partial charge in [-0.05, 0) is 37.5 Å². The van der Waals surface area contributed by atoms with Crippen molar-refractivity contribution in [1.29, 1.82) is 0 Å². The molecular weight excluding hydrogens is 1330 g/mol. The van der Waals surface area contributed by atoms with Gasteiger partial charge in [0.1, 0.15) is 19.3 Å². The summed E-state index contributed by atoms with van der Waals surface area (Å²) in [5.41, 5.74) is 0. The molecule has 17 nitrogen and oxygen atoms in total. The topological polar surface area (TPSA) is 237 Å². The lowest BCUT2D eigenvalue weighted by molar-refractivity contribution is -0.161. The van der Waals surface area contributed by atoms with Crippen LogP contribution in [0.4, 0.5) is 0 Å². The molecule has 0 aromatic heterocycles. The lowest BCUT2D eigenvalue weighted by Crippen LogP contribution is -2.30. The molecule has 0 spiro atoms. The summed E-state index contributed by atoms with van der Waals surface area (Å²) in [5.74, 6) is -0.555. The first-order valence-corrected chi connectivity index (χ1v) is 46.0. The number of carbonyl (C=O) groups is 4. The maximum atomic E-state index is 13.1. The van der Waals surface area contributed by atoms with E-state index < -0.39 is 97.5 Å². The van der Waals surface area contributed by atoms with Crippen molar-refractivity contribution in [3.8, 4) is 0 Å². The number of unbranched alkanes of at least 4 members (excludes halogenated alkanes) is 51. The van der Waals surface area contributed by atoms with Crippen LogP contribution in [-0.4, -0.2) is 96.7 Å². The van der Waals surface area contributed by atoms with E-state index in [9.17, 15) is 43.2 Å². The molecule has 0 aliphatic heterocycles. The minimum absolute atomic E-state index is 0.108. The Morgan fingerprint density at radius 3 is 0.745 bits per heavy atom. The molecule has 0 aliphatic carbocycles. The fraction of sp³-hybridized carbons (Fsp3) is 0.952. The van der Waals surface area contributed by atoms with Gasteiger partial charge in [-0.3, -0.25) is 37.3 Å². The Morgan fingerprint density at radius 1 is 0.284 bits per heavy atom. The van der Waals surface area contributed by atoms with Gasteiger partial charge in [-0.2, -0.15) is 0 Å². The lowest BCUT2D eigenvalue weighted by Gasteiger charge is -2.21. The van der Waals surface area contributed by atoms with Crippen molar-refractivity contribution in [1.82, 2.24) is 0 Å². The molecule has 0 fully saturated rings. The number of aliphatic hydroxyl groups excluding tert-OH is 1. The molecule has 0 aromatic carbocycles. The number of carbonyl (C=O) groups excluding carboxylic acids is 4. The Bertz CT molecular complexity index is 1960. The van der Waals surface area contributed by atoms with E-state index in [1.165, 1.54) is 250 Å². The number of ether oxygens (including phenoxy) is 4. The summed E-state index contributed by atoms with van der Waals surface area (Å²) in [6, 6.07) is 0. The third-order valence-electron chi connectivity index (χ3n) is 19.8. The highest BCUT2D eigenvalue weighted by molar-refractivity contribution is 7.47. The SMILES string of the molecule is CCCCCCCCCCCCCCCCCCCC(=O)OC[C@H](COP(=O)(O)OC[C@@H](O)COP(=O)(O)OC[C@@H](COC(=O)CCCCCCCCCC(C)C)OC(=O)CCCCCCCCCCCCCCCCCCC)OC(=O)CCCCCCCCCCCCCCCCC(C)CC. The lowest BCUT2D eigenvalue weighted by atomic mass is 9.99. The van der Waals surface area contributed by atoms with Crippen molar-refractivity contribution in [2.45, 2.75) is 458 Å². The third-order valence-corrected chi connectivity index (χ3v) is 21.7. The van der Waals surface area contributed by atoms with E-state index in [1.807, 2.05) is 0 Å². The van der Waals surface area contributed by atoms with Crippen molar-refractivity contribution in [3.63, 3.8) is 0 Å². The average molecular weight is 1490 g/mol. The molecule has 0 radical (unpaired) electrons. The average Bonchev–Trinajstić information content (AvgIpc) is 0.925. The van der Waals surface area contributed by atoms with E-state index in [0.717, 1.165) is 102 Å². The van der Waals surface area contributed by atoms with Crippen LogP contribution in [0.15, 0.2) is 0 Å². The smallest absolute Gasteiger partial charge is 0.462 e. The summed E-state index contributed by atoms with van der Waals surface area (Å²) in [6.07, 6.45) is 65.2. The van der Waals surface area contributed by atoms with Crippen LogP contribution in [0, 0.1) is 11.8 Å².